The number of furan rings is 1. The van der Waals surface area contributed by atoms with E-state index in [0.29, 0.717) is 0 Å². The van der Waals surface area contributed by atoms with Crippen LogP contribution in [0.3, 0.4) is 0 Å². The monoisotopic (exact) mass is 755 g/mol. The van der Waals surface area contributed by atoms with Crippen molar-refractivity contribution in [1.29, 1.82) is 0 Å². The summed E-state index contributed by atoms with van der Waals surface area (Å²) in [7, 11) is 0. The van der Waals surface area contributed by atoms with Crippen LogP contribution >= 0.6 is 0 Å². The standard InChI is InChI=1S/C57H41NO/c1-57(2)53-23-8-6-17-49(53)51-21-11-19-47(55(51)57)41-29-35-46(36-30-41)58(44-31-25-39(26-32-44)38-13-4-3-5-14-38)45-33-27-40(28-34-45)42-15-10-16-43(37-42)48-20-12-22-52-50-18-7-9-24-54(50)59-56(48)52/h3-37H,1-2H3. The lowest BCUT2D eigenvalue weighted by Gasteiger charge is -2.27. The summed E-state index contributed by atoms with van der Waals surface area (Å²) < 4.78 is 6.41. The van der Waals surface area contributed by atoms with Crippen molar-refractivity contribution in [2.24, 2.45) is 0 Å². The van der Waals surface area contributed by atoms with Crippen molar-refractivity contribution in [3.8, 4) is 55.6 Å². The zero-order valence-electron chi connectivity index (χ0n) is 33.1. The SMILES string of the molecule is CC1(C)c2ccccc2-c2cccc(-c3ccc(N(c4ccc(-c5ccccc5)cc4)c4ccc(-c5cccc(-c6cccc7c6oc6ccccc67)c5)cc4)cc3)c21. The van der Waals surface area contributed by atoms with Crippen molar-refractivity contribution >= 4 is 39.0 Å². The minimum Gasteiger partial charge on any atom is -0.455 e. The molecule has 9 aromatic carbocycles. The molecule has 1 aliphatic rings. The van der Waals surface area contributed by atoms with Gasteiger partial charge in [-0.15, -0.1) is 0 Å². The van der Waals surface area contributed by atoms with Crippen LogP contribution in [0.1, 0.15) is 25.0 Å². The van der Waals surface area contributed by atoms with Gasteiger partial charge in [-0.3, -0.25) is 0 Å². The maximum atomic E-state index is 6.41. The first kappa shape index (κ1) is 34.8. The highest BCUT2D eigenvalue weighted by atomic mass is 16.3. The van der Waals surface area contributed by atoms with Crippen LogP contribution in [0.4, 0.5) is 17.1 Å². The van der Waals surface area contributed by atoms with Gasteiger partial charge in [0.2, 0.25) is 0 Å². The van der Waals surface area contributed by atoms with Gasteiger partial charge in [-0.1, -0.05) is 178 Å². The third kappa shape index (κ3) is 5.87. The summed E-state index contributed by atoms with van der Waals surface area (Å²) in [6, 6.07) is 76.7. The Morgan fingerprint density at radius 3 is 1.59 bits per heavy atom. The minimum atomic E-state index is -0.0875. The van der Waals surface area contributed by atoms with Crippen LogP contribution in [-0.2, 0) is 5.41 Å². The number of rotatable bonds is 7. The lowest BCUT2D eigenvalue weighted by atomic mass is 9.79. The average Bonchev–Trinajstić information content (AvgIpc) is 3.80. The molecule has 59 heavy (non-hydrogen) atoms. The fourth-order valence-electron chi connectivity index (χ4n) is 9.40. The van der Waals surface area contributed by atoms with Gasteiger partial charge in [-0.05, 0) is 110 Å². The molecule has 1 aromatic heterocycles. The van der Waals surface area contributed by atoms with E-state index in [4.69, 9.17) is 4.42 Å². The molecule has 0 radical (unpaired) electrons. The third-order valence-corrected chi connectivity index (χ3v) is 12.3. The van der Waals surface area contributed by atoms with Crippen LogP contribution in [0.5, 0.6) is 0 Å². The van der Waals surface area contributed by atoms with Crippen LogP contribution in [0.15, 0.2) is 217 Å². The number of anilines is 3. The summed E-state index contributed by atoms with van der Waals surface area (Å²) in [5.41, 5.74) is 20.0. The lowest BCUT2D eigenvalue weighted by molar-refractivity contribution is 0.662. The summed E-state index contributed by atoms with van der Waals surface area (Å²) in [4.78, 5) is 2.36. The molecule has 0 saturated heterocycles. The number of nitrogens with zero attached hydrogens (tertiary/aromatic N) is 1. The van der Waals surface area contributed by atoms with Crippen LogP contribution in [0, 0.1) is 0 Å². The molecule has 280 valence electrons. The van der Waals surface area contributed by atoms with Crippen molar-refractivity contribution in [3.05, 3.63) is 223 Å². The molecular formula is C57H41NO. The van der Waals surface area contributed by atoms with E-state index in [1.54, 1.807) is 0 Å². The molecule has 11 rings (SSSR count). The van der Waals surface area contributed by atoms with Crippen molar-refractivity contribution in [1.82, 2.24) is 0 Å². The lowest BCUT2D eigenvalue weighted by Crippen LogP contribution is -2.16. The van der Waals surface area contributed by atoms with Gasteiger partial charge >= 0.3 is 0 Å². The molecule has 0 unspecified atom stereocenters. The Morgan fingerprint density at radius 2 is 0.847 bits per heavy atom. The molecule has 0 aliphatic heterocycles. The van der Waals surface area contributed by atoms with E-state index in [9.17, 15) is 0 Å². The van der Waals surface area contributed by atoms with Crippen LogP contribution in [0.2, 0.25) is 0 Å². The van der Waals surface area contributed by atoms with Gasteiger partial charge in [0.25, 0.3) is 0 Å². The normalized spacial score (nSPS) is 12.7. The van der Waals surface area contributed by atoms with Gasteiger partial charge in [0.1, 0.15) is 11.2 Å². The molecule has 0 N–H and O–H groups in total. The number of hydrogen-bond donors (Lipinski definition) is 0. The van der Waals surface area contributed by atoms with Crippen molar-refractivity contribution < 1.29 is 4.42 Å². The minimum absolute atomic E-state index is 0.0875. The molecule has 10 aromatic rings. The predicted octanol–water partition coefficient (Wildman–Crippen LogP) is 16.0. The number of fused-ring (bicyclic) bond motifs is 6. The summed E-state index contributed by atoms with van der Waals surface area (Å²) in [6.45, 7) is 4.72. The first-order valence-electron chi connectivity index (χ1n) is 20.4. The maximum absolute atomic E-state index is 6.41. The van der Waals surface area contributed by atoms with Crippen molar-refractivity contribution in [3.63, 3.8) is 0 Å². The zero-order chi connectivity index (χ0) is 39.5. The highest BCUT2D eigenvalue weighted by Crippen LogP contribution is 2.52. The molecule has 0 saturated carbocycles. The van der Waals surface area contributed by atoms with E-state index in [2.05, 4.69) is 219 Å². The Hall–Kier alpha value is -7.42. The fourth-order valence-corrected chi connectivity index (χ4v) is 9.40. The number of hydrogen-bond acceptors (Lipinski definition) is 2. The quantitative estimate of drug-likeness (QED) is 0.161. The van der Waals surface area contributed by atoms with Gasteiger partial charge in [0.15, 0.2) is 0 Å². The second-order valence-corrected chi connectivity index (χ2v) is 16.1. The van der Waals surface area contributed by atoms with Crippen LogP contribution in [-0.4, -0.2) is 0 Å². The molecule has 0 spiro atoms. The predicted molar refractivity (Wildman–Crippen MR) is 248 cm³/mol. The molecule has 0 bridgehead atoms. The Balaban J connectivity index is 0.961. The molecule has 1 heterocycles. The molecular weight excluding hydrogens is 715 g/mol. The van der Waals surface area contributed by atoms with E-state index < -0.39 is 0 Å². The summed E-state index contributed by atoms with van der Waals surface area (Å²) in [5, 5.41) is 2.28. The second-order valence-electron chi connectivity index (χ2n) is 16.1. The van der Waals surface area contributed by atoms with Crippen molar-refractivity contribution in [2.75, 3.05) is 4.90 Å². The smallest absolute Gasteiger partial charge is 0.143 e. The summed E-state index contributed by atoms with van der Waals surface area (Å²) in [5.74, 6) is 0. The van der Waals surface area contributed by atoms with E-state index in [-0.39, 0.29) is 5.41 Å². The number of para-hydroxylation sites is 2. The van der Waals surface area contributed by atoms with Crippen LogP contribution in [0.25, 0.3) is 77.6 Å². The second kappa shape index (κ2) is 13.9. The van der Waals surface area contributed by atoms with Gasteiger partial charge in [0, 0.05) is 38.8 Å². The number of benzene rings is 9. The van der Waals surface area contributed by atoms with Gasteiger partial charge in [-0.2, -0.15) is 0 Å². The Morgan fingerprint density at radius 1 is 0.356 bits per heavy atom. The van der Waals surface area contributed by atoms with E-state index in [1.165, 1.54) is 44.5 Å². The van der Waals surface area contributed by atoms with E-state index in [1.807, 2.05) is 12.1 Å². The van der Waals surface area contributed by atoms with Crippen LogP contribution < -0.4 is 4.90 Å². The molecule has 2 nitrogen and oxygen atoms in total. The highest BCUT2D eigenvalue weighted by molar-refractivity contribution is 6.09. The molecule has 2 heteroatoms. The van der Waals surface area contributed by atoms with E-state index >= 15 is 0 Å². The third-order valence-electron chi connectivity index (χ3n) is 12.3. The Bertz CT molecular complexity index is 3150. The molecule has 1 aliphatic carbocycles. The maximum Gasteiger partial charge on any atom is 0.143 e. The van der Waals surface area contributed by atoms with Crippen molar-refractivity contribution in [2.45, 2.75) is 19.3 Å². The average molecular weight is 756 g/mol. The fraction of sp³-hybridized carbons (Fsp3) is 0.0526. The summed E-state index contributed by atoms with van der Waals surface area (Å²) >= 11 is 0. The molecule has 0 amide bonds. The topological polar surface area (TPSA) is 16.4 Å². The highest BCUT2D eigenvalue weighted by Gasteiger charge is 2.37. The first-order chi connectivity index (χ1) is 29.0. The molecule has 0 atom stereocenters. The Labute approximate surface area is 345 Å². The summed E-state index contributed by atoms with van der Waals surface area (Å²) in [6.07, 6.45) is 0. The van der Waals surface area contributed by atoms with Gasteiger partial charge < -0.3 is 9.32 Å². The molecule has 0 fully saturated rings. The first-order valence-corrected chi connectivity index (χ1v) is 20.4. The van der Waals surface area contributed by atoms with E-state index in [0.717, 1.165) is 61.3 Å². The largest absolute Gasteiger partial charge is 0.455 e. The van der Waals surface area contributed by atoms with Gasteiger partial charge in [-0.25, -0.2) is 0 Å². The zero-order valence-corrected chi connectivity index (χ0v) is 33.1. The van der Waals surface area contributed by atoms with Gasteiger partial charge in [0.05, 0.1) is 0 Å². The Kier molecular flexibility index (Phi) is 8.20.